The predicted molar refractivity (Wildman–Crippen MR) is 155 cm³/mol. The van der Waals surface area contributed by atoms with E-state index >= 15 is 0 Å². The Morgan fingerprint density at radius 1 is 1.05 bits per heavy atom. The van der Waals surface area contributed by atoms with Crippen LogP contribution in [0.1, 0.15) is 10.4 Å². The predicted octanol–water partition coefficient (Wildman–Crippen LogP) is 5.11. The van der Waals surface area contributed by atoms with Gasteiger partial charge in [-0.05, 0) is 48.5 Å². The van der Waals surface area contributed by atoms with Gasteiger partial charge in [-0.15, -0.1) is 0 Å². The summed E-state index contributed by atoms with van der Waals surface area (Å²) in [5, 5.41) is 7.58. The van der Waals surface area contributed by atoms with Gasteiger partial charge in [-0.3, -0.25) is 9.59 Å². The van der Waals surface area contributed by atoms with Crippen molar-refractivity contribution in [3.8, 4) is 11.3 Å². The maximum absolute atomic E-state index is 14.7. The van der Waals surface area contributed by atoms with Gasteiger partial charge in [0.2, 0.25) is 5.95 Å². The van der Waals surface area contributed by atoms with Crippen molar-refractivity contribution in [2.45, 2.75) is 6.04 Å². The molecule has 0 spiro atoms. The van der Waals surface area contributed by atoms with E-state index in [1.165, 1.54) is 31.5 Å². The number of ether oxygens (including phenoxy) is 1. The Hall–Kier alpha value is -4.74. The van der Waals surface area contributed by atoms with Crippen molar-refractivity contribution in [2.24, 2.45) is 0 Å². The second-order valence-corrected chi connectivity index (χ2v) is 10.1. The monoisotopic (exact) mass is 588 g/mol. The number of nitrogens with zero attached hydrogens (tertiary/aromatic N) is 4. The van der Waals surface area contributed by atoms with Crippen molar-refractivity contribution in [1.29, 1.82) is 0 Å². The first-order valence-corrected chi connectivity index (χ1v) is 13.4. The third kappa shape index (κ3) is 5.19. The van der Waals surface area contributed by atoms with Gasteiger partial charge in [0.1, 0.15) is 28.7 Å². The number of carbonyl (C=O) groups is 2. The number of carbonyl (C=O) groups excluding carboxylic acids is 2. The number of rotatable bonds is 5. The van der Waals surface area contributed by atoms with Crippen molar-refractivity contribution in [1.82, 2.24) is 25.2 Å². The molecule has 1 unspecified atom stereocenters. The van der Waals surface area contributed by atoms with Crippen LogP contribution in [0, 0.1) is 11.6 Å². The number of aromatic nitrogens is 3. The van der Waals surface area contributed by atoms with Crippen molar-refractivity contribution < 1.29 is 23.1 Å². The number of pyridine rings is 1. The number of piperazine rings is 1. The van der Waals surface area contributed by atoms with Gasteiger partial charge in [0, 0.05) is 46.7 Å². The summed E-state index contributed by atoms with van der Waals surface area (Å²) in [6.45, 7) is 1.17. The van der Waals surface area contributed by atoms with E-state index in [1.54, 1.807) is 47.4 Å². The zero-order valence-corrected chi connectivity index (χ0v) is 23.0. The molecule has 1 saturated heterocycles. The zero-order valence-electron chi connectivity index (χ0n) is 22.2. The van der Waals surface area contributed by atoms with Crippen molar-refractivity contribution in [3.63, 3.8) is 0 Å². The fourth-order valence-electron chi connectivity index (χ4n) is 4.97. The molecular weight excluding hydrogens is 566 g/mol. The zero-order chi connectivity index (χ0) is 29.4. The van der Waals surface area contributed by atoms with E-state index in [2.05, 4.69) is 25.6 Å². The minimum absolute atomic E-state index is 0.0996. The van der Waals surface area contributed by atoms with Gasteiger partial charge >= 0.3 is 5.97 Å². The first-order chi connectivity index (χ1) is 20.3. The second kappa shape index (κ2) is 11.3. The van der Waals surface area contributed by atoms with Crippen LogP contribution < -0.4 is 10.6 Å². The molecule has 0 saturated carbocycles. The minimum Gasteiger partial charge on any atom is -0.468 e. The summed E-state index contributed by atoms with van der Waals surface area (Å²) < 4.78 is 34.2. The summed E-state index contributed by atoms with van der Waals surface area (Å²) in [5.41, 5.74) is 1.74. The molecule has 212 valence electrons. The number of halogens is 3. The molecule has 9 nitrogen and oxygen atoms in total. The summed E-state index contributed by atoms with van der Waals surface area (Å²) in [6, 6.07) is 14.9. The number of fused-ring (bicyclic) bond motifs is 3. The normalized spacial score (nSPS) is 15.1. The number of amides is 1. The van der Waals surface area contributed by atoms with Gasteiger partial charge in [0.15, 0.2) is 0 Å². The van der Waals surface area contributed by atoms with E-state index < -0.39 is 23.6 Å². The van der Waals surface area contributed by atoms with Gasteiger partial charge < -0.3 is 20.3 Å². The van der Waals surface area contributed by atoms with E-state index in [0.29, 0.717) is 51.2 Å². The minimum atomic E-state index is -0.746. The number of hydrogen-bond acceptors (Lipinski definition) is 8. The number of nitrogens with one attached hydrogen (secondary N) is 2. The lowest BCUT2D eigenvalue weighted by molar-refractivity contribution is -0.144. The van der Waals surface area contributed by atoms with Crippen LogP contribution in [0.25, 0.3) is 33.1 Å². The Kier molecular flexibility index (Phi) is 7.36. The fourth-order valence-corrected chi connectivity index (χ4v) is 5.14. The van der Waals surface area contributed by atoms with Crippen LogP contribution >= 0.6 is 11.6 Å². The molecule has 0 bridgehead atoms. The van der Waals surface area contributed by atoms with Crippen molar-refractivity contribution >= 4 is 56.9 Å². The fraction of sp³-hybridized carbons (Fsp3) is 0.167. The van der Waals surface area contributed by atoms with E-state index in [4.69, 9.17) is 16.3 Å². The molecule has 6 rings (SSSR count). The summed E-state index contributed by atoms with van der Waals surface area (Å²) in [6.07, 6.45) is 1.47. The van der Waals surface area contributed by atoms with Gasteiger partial charge in [-0.2, -0.15) is 0 Å². The number of anilines is 2. The average Bonchev–Trinajstić information content (AvgIpc) is 3.00. The second-order valence-electron chi connectivity index (χ2n) is 9.66. The standard InChI is InChI=1S/C30H23ClF2N6O3/c1-42-29(41)24-15-39(12-11-34-24)28(40)16-5-8-18(9-6-16)36-30-35-14-23-26(38-30)19-10-7-17(31)13-20(19)27(37-23)25-21(32)3-2-4-22(25)33/h2-10,13-14,24,34H,11-12,15H2,1H3,(H,35,36,38). The van der Waals surface area contributed by atoms with Crippen LogP contribution in [0.2, 0.25) is 5.02 Å². The lowest BCUT2D eigenvalue weighted by Gasteiger charge is -2.32. The van der Waals surface area contributed by atoms with Gasteiger partial charge in [0.05, 0.1) is 24.6 Å². The van der Waals surface area contributed by atoms with E-state index in [9.17, 15) is 18.4 Å². The Morgan fingerprint density at radius 2 is 1.81 bits per heavy atom. The molecule has 1 fully saturated rings. The topological polar surface area (TPSA) is 109 Å². The van der Waals surface area contributed by atoms with E-state index in [0.717, 1.165) is 0 Å². The quantitative estimate of drug-likeness (QED) is 0.215. The van der Waals surface area contributed by atoms with E-state index in [1.807, 2.05) is 0 Å². The highest BCUT2D eigenvalue weighted by molar-refractivity contribution is 6.31. The Bertz CT molecular complexity index is 1830. The Balaban J connectivity index is 1.29. The highest BCUT2D eigenvalue weighted by Crippen LogP contribution is 2.36. The lowest BCUT2D eigenvalue weighted by atomic mass is 10.0. The maximum Gasteiger partial charge on any atom is 0.324 e. The summed E-state index contributed by atoms with van der Waals surface area (Å²) in [4.78, 5) is 40.0. The van der Waals surface area contributed by atoms with Crippen LogP contribution in [-0.4, -0.2) is 64.5 Å². The molecule has 1 atom stereocenters. The summed E-state index contributed by atoms with van der Waals surface area (Å²) in [5.74, 6) is -1.84. The Labute approximate surface area is 243 Å². The van der Waals surface area contributed by atoms with Gasteiger partial charge in [-0.1, -0.05) is 23.7 Å². The van der Waals surface area contributed by atoms with E-state index in [-0.39, 0.29) is 29.7 Å². The van der Waals surface area contributed by atoms with Crippen LogP contribution in [-0.2, 0) is 9.53 Å². The highest BCUT2D eigenvalue weighted by atomic mass is 35.5. The molecule has 1 aliphatic heterocycles. The highest BCUT2D eigenvalue weighted by Gasteiger charge is 2.29. The smallest absolute Gasteiger partial charge is 0.324 e. The van der Waals surface area contributed by atoms with Gasteiger partial charge in [-0.25, -0.2) is 23.7 Å². The molecule has 2 aromatic heterocycles. The number of methoxy groups -OCH3 is 1. The maximum atomic E-state index is 14.7. The van der Waals surface area contributed by atoms with Crippen molar-refractivity contribution in [3.05, 3.63) is 89.1 Å². The Morgan fingerprint density at radius 3 is 2.55 bits per heavy atom. The third-order valence-corrected chi connectivity index (χ3v) is 7.26. The van der Waals surface area contributed by atoms with Crippen LogP contribution in [0.5, 0.6) is 0 Å². The van der Waals surface area contributed by atoms with Crippen LogP contribution in [0.15, 0.2) is 66.9 Å². The largest absolute Gasteiger partial charge is 0.468 e. The van der Waals surface area contributed by atoms with Crippen molar-refractivity contribution in [2.75, 3.05) is 32.1 Å². The van der Waals surface area contributed by atoms with Gasteiger partial charge in [0.25, 0.3) is 5.91 Å². The number of benzene rings is 3. The summed E-state index contributed by atoms with van der Waals surface area (Å²) >= 11 is 6.25. The number of hydrogen-bond donors (Lipinski definition) is 2. The first kappa shape index (κ1) is 27.4. The lowest BCUT2D eigenvalue weighted by Crippen LogP contribution is -2.56. The molecule has 0 aliphatic carbocycles. The molecule has 3 heterocycles. The first-order valence-electron chi connectivity index (χ1n) is 13.0. The molecule has 3 aromatic carbocycles. The molecule has 5 aromatic rings. The molecule has 42 heavy (non-hydrogen) atoms. The molecule has 1 amide bonds. The third-order valence-electron chi connectivity index (χ3n) is 7.03. The SMILES string of the molecule is COC(=O)C1CN(C(=O)c2ccc(Nc3ncc4nc(-c5c(F)cccc5F)c5cc(Cl)ccc5c4n3)cc2)CCN1. The molecule has 12 heteroatoms. The number of esters is 1. The molecule has 2 N–H and O–H groups in total. The molecular formula is C30H23ClF2N6O3. The average molecular weight is 589 g/mol. The molecule has 1 aliphatic rings. The molecule has 0 radical (unpaired) electrons. The van der Waals surface area contributed by atoms with Crippen LogP contribution in [0.4, 0.5) is 20.4 Å². The van der Waals surface area contributed by atoms with Crippen LogP contribution in [0.3, 0.4) is 0 Å². The summed E-state index contributed by atoms with van der Waals surface area (Å²) in [7, 11) is 1.31.